The van der Waals surface area contributed by atoms with Crippen molar-refractivity contribution >= 4 is 16.9 Å². The van der Waals surface area contributed by atoms with E-state index < -0.39 is 0 Å². The molecule has 0 saturated carbocycles. The number of hydrogen-bond donors (Lipinski definition) is 0. The fourth-order valence-corrected chi connectivity index (χ4v) is 3.76. The molecule has 1 spiro atoms. The molecule has 4 heterocycles. The molecule has 0 atom stereocenters. The maximum atomic E-state index is 6.16. The first kappa shape index (κ1) is 14.8. The number of rotatable bonds is 1. The fraction of sp³-hybridized carbons (Fsp3) is 0.588. The number of hydrogen-bond acceptors (Lipinski definition) is 6. The lowest BCUT2D eigenvalue weighted by Crippen LogP contribution is -2.56. The molecule has 0 N–H and O–H groups in total. The summed E-state index contributed by atoms with van der Waals surface area (Å²) in [4.78, 5) is 18.3. The van der Waals surface area contributed by atoms with E-state index in [2.05, 4.69) is 32.9 Å². The maximum absolute atomic E-state index is 6.16. The van der Waals surface area contributed by atoms with Crippen LogP contribution in [0.1, 0.15) is 18.7 Å². The van der Waals surface area contributed by atoms with Crippen LogP contribution in [0.2, 0.25) is 0 Å². The van der Waals surface area contributed by atoms with E-state index >= 15 is 0 Å². The van der Waals surface area contributed by atoms with Gasteiger partial charge in [-0.25, -0.2) is 15.0 Å². The number of nitrogens with zero attached hydrogens (tertiary/aromatic N) is 5. The molecule has 0 bridgehead atoms. The number of aromatic nitrogens is 3. The van der Waals surface area contributed by atoms with Crippen molar-refractivity contribution in [1.82, 2.24) is 19.9 Å². The number of aryl methyl sites for hydroxylation is 1. The van der Waals surface area contributed by atoms with Gasteiger partial charge in [0.1, 0.15) is 11.6 Å². The molecular weight excluding hydrogens is 290 g/mol. The van der Waals surface area contributed by atoms with Crippen LogP contribution >= 0.6 is 0 Å². The van der Waals surface area contributed by atoms with Crippen LogP contribution in [0.5, 0.6) is 0 Å². The fourth-order valence-electron chi connectivity index (χ4n) is 3.76. The predicted octanol–water partition coefficient (Wildman–Crippen LogP) is 1.63. The van der Waals surface area contributed by atoms with Gasteiger partial charge in [-0.1, -0.05) is 0 Å². The van der Waals surface area contributed by atoms with E-state index in [0.717, 1.165) is 68.3 Å². The van der Waals surface area contributed by atoms with Crippen molar-refractivity contribution in [2.75, 3.05) is 44.7 Å². The Balaban J connectivity index is 1.59. The molecule has 4 rings (SSSR count). The van der Waals surface area contributed by atoms with E-state index in [-0.39, 0.29) is 5.60 Å². The Morgan fingerprint density at radius 2 is 2.00 bits per heavy atom. The highest BCUT2D eigenvalue weighted by molar-refractivity contribution is 5.86. The summed E-state index contributed by atoms with van der Waals surface area (Å²) in [5.74, 6) is 1.79. The van der Waals surface area contributed by atoms with Gasteiger partial charge >= 0.3 is 0 Å². The van der Waals surface area contributed by atoms with Crippen molar-refractivity contribution < 1.29 is 4.74 Å². The second-order valence-electron chi connectivity index (χ2n) is 6.73. The van der Waals surface area contributed by atoms with Gasteiger partial charge in [-0.3, -0.25) is 0 Å². The van der Waals surface area contributed by atoms with Crippen LogP contribution in [0.15, 0.2) is 18.3 Å². The smallest absolute Gasteiger partial charge is 0.164 e. The van der Waals surface area contributed by atoms with Crippen molar-refractivity contribution in [2.45, 2.75) is 25.4 Å². The molecule has 23 heavy (non-hydrogen) atoms. The van der Waals surface area contributed by atoms with Crippen LogP contribution in [-0.4, -0.2) is 65.3 Å². The molecule has 2 fully saturated rings. The van der Waals surface area contributed by atoms with Crippen molar-refractivity contribution in [2.24, 2.45) is 0 Å². The molecule has 6 heteroatoms. The molecule has 2 saturated heterocycles. The molecule has 2 aliphatic heterocycles. The summed E-state index contributed by atoms with van der Waals surface area (Å²) < 4.78 is 6.16. The molecule has 0 radical (unpaired) electrons. The van der Waals surface area contributed by atoms with Gasteiger partial charge in [-0.2, -0.15) is 0 Å². The van der Waals surface area contributed by atoms with Crippen LogP contribution in [0.3, 0.4) is 0 Å². The van der Waals surface area contributed by atoms with Gasteiger partial charge in [0.05, 0.1) is 17.6 Å². The number of pyridine rings is 1. The van der Waals surface area contributed by atoms with Gasteiger partial charge in [-0.05, 0) is 38.9 Å². The zero-order chi connectivity index (χ0) is 15.9. The third-order valence-corrected chi connectivity index (χ3v) is 4.98. The van der Waals surface area contributed by atoms with Crippen molar-refractivity contribution in [3.05, 3.63) is 24.2 Å². The first-order valence-corrected chi connectivity index (χ1v) is 8.32. The maximum Gasteiger partial charge on any atom is 0.164 e. The monoisotopic (exact) mass is 313 g/mol. The average Bonchev–Trinajstić information content (AvgIpc) is 2.55. The first-order valence-electron chi connectivity index (χ1n) is 8.32. The Labute approximate surface area is 136 Å². The van der Waals surface area contributed by atoms with Gasteiger partial charge in [0, 0.05) is 32.4 Å². The summed E-state index contributed by atoms with van der Waals surface area (Å²) in [5.41, 5.74) is 0.809. The summed E-state index contributed by atoms with van der Waals surface area (Å²) in [6.45, 7) is 6.78. The van der Waals surface area contributed by atoms with Gasteiger partial charge in [0.2, 0.25) is 0 Å². The second kappa shape index (κ2) is 5.69. The minimum Gasteiger partial charge on any atom is -0.372 e. The van der Waals surface area contributed by atoms with E-state index in [1.807, 2.05) is 13.0 Å². The van der Waals surface area contributed by atoms with Crippen LogP contribution in [-0.2, 0) is 4.74 Å². The summed E-state index contributed by atoms with van der Waals surface area (Å²) >= 11 is 0. The molecule has 122 valence electrons. The van der Waals surface area contributed by atoms with E-state index in [1.54, 1.807) is 6.20 Å². The summed E-state index contributed by atoms with van der Waals surface area (Å²) in [6, 6.07) is 4.02. The van der Waals surface area contributed by atoms with Gasteiger partial charge in [-0.15, -0.1) is 0 Å². The summed E-state index contributed by atoms with van der Waals surface area (Å²) in [6.07, 6.45) is 3.87. The highest BCUT2D eigenvalue weighted by atomic mass is 16.5. The predicted molar refractivity (Wildman–Crippen MR) is 89.7 cm³/mol. The Morgan fingerprint density at radius 1 is 1.17 bits per heavy atom. The van der Waals surface area contributed by atoms with E-state index in [1.165, 1.54) is 0 Å². The normalized spacial score (nSPS) is 21.9. The highest BCUT2D eigenvalue weighted by Gasteiger charge is 2.39. The van der Waals surface area contributed by atoms with Gasteiger partial charge in [0.15, 0.2) is 5.65 Å². The Kier molecular flexibility index (Phi) is 3.66. The lowest BCUT2D eigenvalue weighted by molar-refractivity contribution is -0.115. The lowest BCUT2D eigenvalue weighted by atomic mass is 9.89. The minimum absolute atomic E-state index is 0.0274. The molecule has 2 aliphatic rings. The zero-order valence-corrected chi connectivity index (χ0v) is 13.8. The number of fused-ring (bicyclic) bond motifs is 1. The quantitative estimate of drug-likeness (QED) is 0.798. The molecule has 0 amide bonds. The Bertz CT molecular complexity index is 711. The largest absolute Gasteiger partial charge is 0.372 e. The number of ether oxygens (including phenoxy) is 1. The van der Waals surface area contributed by atoms with Gasteiger partial charge in [0.25, 0.3) is 0 Å². The number of likely N-dealkylation sites (N-methyl/N-ethyl adjacent to an activating group) is 1. The Morgan fingerprint density at radius 3 is 2.78 bits per heavy atom. The van der Waals surface area contributed by atoms with E-state index in [0.29, 0.717) is 0 Å². The summed E-state index contributed by atoms with van der Waals surface area (Å²) in [5, 5.41) is 1.04. The van der Waals surface area contributed by atoms with Crippen LogP contribution in [0.4, 0.5) is 5.82 Å². The highest BCUT2D eigenvalue weighted by Crippen LogP contribution is 2.33. The molecular formula is C17H23N5O. The van der Waals surface area contributed by atoms with Gasteiger partial charge < -0.3 is 14.5 Å². The molecule has 0 unspecified atom stereocenters. The Hall–Kier alpha value is -1.79. The first-order chi connectivity index (χ1) is 11.2. The van der Waals surface area contributed by atoms with E-state index in [4.69, 9.17) is 9.72 Å². The number of piperidine rings is 1. The van der Waals surface area contributed by atoms with E-state index in [9.17, 15) is 0 Å². The lowest BCUT2D eigenvalue weighted by Gasteiger charge is -2.46. The molecule has 0 aromatic carbocycles. The third-order valence-electron chi connectivity index (χ3n) is 4.98. The number of morpholine rings is 1. The topological polar surface area (TPSA) is 54.4 Å². The van der Waals surface area contributed by atoms with Crippen molar-refractivity contribution in [1.29, 1.82) is 0 Å². The van der Waals surface area contributed by atoms with Crippen molar-refractivity contribution in [3.63, 3.8) is 0 Å². The summed E-state index contributed by atoms with van der Waals surface area (Å²) in [7, 11) is 2.18. The standard InChI is InChI=1S/C17H23N5O/c1-13-19-15-14(4-3-7-18-15)16(20-13)22-8-5-17(6-9-22)12-21(2)10-11-23-17/h3-4,7H,5-6,8-12H2,1-2H3. The molecule has 2 aromatic heterocycles. The molecule has 6 nitrogen and oxygen atoms in total. The van der Waals surface area contributed by atoms with Crippen LogP contribution < -0.4 is 4.90 Å². The third kappa shape index (κ3) is 2.77. The molecule has 0 aliphatic carbocycles. The minimum atomic E-state index is 0.0274. The zero-order valence-electron chi connectivity index (χ0n) is 13.8. The van der Waals surface area contributed by atoms with Crippen LogP contribution in [0.25, 0.3) is 11.0 Å². The average molecular weight is 313 g/mol. The van der Waals surface area contributed by atoms with Crippen LogP contribution in [0, 0.1) is 6.92 Å². The second-order valence-corrected chi connectivity index (χ2v) is 6.73. The SMILES string of the molecule is Cc1nc(N2CCC3(CC2)CN(C)CCO3)c2cccnc2n1. The van der Waals surface area contributed by atoms with Crippen molar-refractivity contribution in [3.8, 4) is 0 Å². The molecule has 2 aromatic rings. The number of anilines is 1.